The standard InChI is InChI=1S/C18H20F3N3O/c1-23-9-7-16(22-23)14-5-3-8-24(12-14)17(25)11-13-4-2-6-15(10-13)18(19,20)21/h2,4,6-7,9-10,14H,3,5,8,11-12H2,1H3/t14-/m0/s1. The summed E-state index contributed by atoms with van der Waals surface area (Å²) in [5.74, 6) is 0.0420. The van der Waals surface area contributed by atoms with Gasteiger partial charge in [-0.05, 0) is 30.5 Å². The molecule has 0 radical (unpaired) electrons. The van der Waals surface area contributed by atoms with E-state index in [0.717, 1.165) is 30.7 Å². The lowest BCUT2D eigenvalue weighted by atomic mass is 9.94. The number of piperidine rings is 1. The van der Waals surface area contributed by atoms with Gasteiger partial charge in [-0.25, -0.2) is 0 Å². The van der Waals surface area contributed by atoms with E-state index in [9.17, 15) is 18.0 Å². The van der Waals surface area contributed by atoms with Gasteiger partial charge in [0.15, 0.2) is 0 Å². The molecule has 0 spiro atoms. The maximum absolute atomic E-state index is 12.8. The van der Waals surface area contributed by atoms with Gasteiger partial charge in [-0.15, -0.1) is 0 Å². The Morgan fingerprint density at radius 3 is 2.80 bits per heavy atom. The quantitative estimate of drug-likeness (QED) is 0.850. The van der Waals surface area contributed by atoms with Crippen LogP contribution in [0.3, 0.4) is 0 Å². The van der Waals surface area contributed by atoms with Gasteiger partial charge in [0.1, 0.15) is 0 Å². The first-order chi connectivity index (χ1) is 11.8. The van der Waals surface area contributed by atoms with Crippen molar-refractivity contribution in [3.05, 3.63) is 53.3 Å². The predicted molar refractivity (Wildman–Crippen MR) is 86.9 cm³/mol. The van der Waals surface area contributed by atoms with E-state index in [2.05, 4.69) is 5.10 Å². The molecule has 0 N–H and O–H groups in total. The molecule has 1 aliphatic rings. The van der Waals surface area contributed by atoms with Crippen molar-refractivity contribution in [3.63, 3.8) is 0 Å². The fourth-order valence-electron chi connectivity index (χ4n) is 3.24. The van der Waals surface area contributed by atoms with Crippen LogP contribution in [-0.2, 0) is 24.4 Å². The Kier molecular flexibility index (Phi) is 4.83. The van der Waals surface area contributed by atoms with Crippen LogP contribution in [-0.4, -0.2) is 33.7 Å². The van der Waals surface area contributed by atoms with Crippen LogP contribution in [0, 0.1) is 0 Å². The van der Waals surface area contributed by atoms with Crippen molar-refractivity contribution in [1.29, 1.82) is 0 Å². The average molecular weight is 351 g/mol. The van der Waals surface area contributed by atoms with E-state index in [0.29, 0.717) is 18.7 Å². The number of benzene rings is 1. The molecule has 7 heteroatoms. The van der Waals surface area contributed by atoms with Gasteiger partial charge < -0.3 is 4.90 Å². The Labute approximate surface area is 144 Å². The largest absolute Gasteiger partial charge is 0.416 e. The molecule has 1 fully saturated rings. The molecule has 1 saturated heterocycles. The topological polar surface area (TPSA) is 38.1 Å². The summed E-state index contributed by atoms with van der Waals surface area (Å²) in [6.45, 7) is 1.20. The first-order valence-corrected chi connectivity index (χ1v) is 8.26. The van der Waals surface area contributed by atoms with Crippen molar-refractivity contribution in [1.82, 2.24) is 14.7 Å². The lowest BCUT2D eigenvalue weighted by molar-refractivity contribution is -0.138. The molecule has 1 atom stereocenters. The van der Waals surface area contributed by atoms with Crippen molar-refractivity contribution in [3.8, 4) is 0 Å². The maximum Gasteiger partial charge on any atom is 0.416 e. The van der Waals surface area contributed by atoms with Crippen molar-refractivity contribution < 1.29 is 18.0 Å². The zero-order valence-corrected chi connectivity index (χ0v) is 14.0. The van der Waals surface area contributed by atoms with Crippen LogP contribution in [0.5, 0.6) is 0 Å². The number of alkyl halides is 3. The van der Waals surface area contributed by atoms with E-state index >= 15 is 0 Å². The molecule has 4 nitrogen and oxygen atoms in total. The molecule has 1 amide bonds. The molecule has 134 valence electrons. The number of carbonyl (C=O) groups excluding carboxylic acids is 1. The van der Waals surface area contributed by atoms with Gasteiger partial charge >= 0.3 is 6.18 Å². The summed E-state index contributed by atoms with van der Waals surface area (Å²) in [5, 5.41) is 4.40. The lowest BCUT2D eigenvalue weighted by Crippen LogP contribution is -2.40. The van der Waals surface area contributed by atoms with E-state index < -0.39 is 11.7 Å². The first kappa shape index (κ1) is 17.5. The summed E-state index contributed by atoms with van der Waals surface area (Å²) >= 11 is 0. The van der Waals surface area contributed by atoms with Crippen molar-refractivity contribution >= 4 is 5.91 Å². The van der Waals surface area contributed by atoms with E-state index in [1.54, 1.807) is 15.6 Å². The number of carbonyl (C=O) groups is 1. The fourth-order valence-corrected chi connectivity index (χ4v) is 3.24. The second kappa shape index (κ2) is 6.90. The highest BCUT2D eigenvalue weighted by Gasteiger charge is 2.31. The highest BCUT2D eigenvalue weighted by molar-refractivity contribution is 5.79. The van der Waals surface area contributed by atoms with E-state index in [-0.39, 0.29) is 18.2 Å². The monoisotopic (exact) mass is 351 g/mol. The van der Waals surface area contributed by atoms with E-state index in [4.69, 9.17) is 0 Å². The van der Waals surface area contributed by atoms with Gasteiger partial charge in [0.2, 0.25) is 5.91 Å². The van der Waals surface area contributed by atoms with Gasteiger partial charge in [0, 0.05) is 32.3 Å². The molecule has 1 aliphatic heterocycles. The third-order valence-corrected chi connectivity index (χ3v) is 4.54. The molecule has 2 aromatic rings. The Bertz CT molecular complexity index is 754. The van der Waals surface area contributed by atoms with Gasteiger partial charge in [0.25, 0.3) is 0 Å². The molecular weight excluding hydrogens is 331 g/mol. The molecule has 2 heterocycles. The summed E-state index contributed by atoms with van der Waals surface area (Å²) in [6.07, 6.45) is -0.703. The number of rotatable bonds is 3. The number of aromatic nitrogens is 2. The molecule has 0 unspecified atom stereocenters. The third kappa shape index (κ3) is 4.21. The Hall–Kier alpha value is -2.31. The van der Waals surface area contributed by atoms with Crippen LogP contribution in [0.15, 0.2) is 36.5 Å². The second-order valence-electron chi connectivity index (χ2n) is 6.47. The number of nitrogens with zero attached hydrogens (tertiary/aromatic N) is 3. The number of aryl methyl sites for hydroxylation is 1. The van der Waals surface area contributed by atoms with Gasteiger partial charge in [-0.2, -0.15) is 18.3 Å². The van der Waals surface area contributed by atoms with Gasteiger partial charge in [-0.1, -0.05) is 18.2 Å². The molecule has 0 aliphatic carbocycles. The molecule has 1 aromatic carbocycles. The summed E-state index contributed by atoms with van der Waals surface area (Å²) < 4.78 is 40.1. The fraction of sp³-hybridized carbons (Fsp3) is 0.444. The molecule has 25 heavy (non-hydrogen) atoms. The summed E-state index contributed by atoms with van der Waals surface area (Å²) in [4.78, 5) is 14.3. The van der Waals surface area contributed by atoms with Crippen LogP contribution in [0.1, 0.15) is 35.6 Å². The minimum Gasteiger partial charge on any atom is -0.342 e. The highest BCUT2D eigenvalue weighted by atomic mass is 19.4. The first-order valence-electron chi connectivity index (χ1n) is 8.26. The minimum absolute atomic E-state index is 0.0150. The van der Waals surface area contributed by atoms with Gasteiger partial charge in [0.05, 0.1) is 17.7 Å². The Balaban J connectivity index is 1.67. The minimum atomic E-state index is -4.39. The van der Waals surface area contributed by atoms with Crippen molar-refractivity contribution in [2.24, 2.45) is 7.05 Å². The molecule has 1 aromatic heterocycles. The van der Waals surface area contributed by atoms with Crippen LogP contribution in [0.2, 0.25) is 0 Å². The van der Waals surface area contributed by atoms with Crippen LogP contribution in [0.25, 0.3) is 0 Å². The highest BCUT2D eigenvalue weighted by Crippen LogP contribution is 2.30. The van der Waals surface area contributed by atoms with Crippen LogP contribution >= 0.6 is 0 Å². The second-order valence-corrected chi connectivity index (χ2v) is 6.47. The van der Waals surface area contributed by atoms with Crippen LogP contribution < -0.4 is 0 Å². The predicted octanol–water partition coefficient (Wildman–Crippen LogP) is 3.39. The summed E-state index contributed by atoms with van der Waals surface area (Å²) in [5.41, 5.74) is 0.627. The number of amides is 1. The maximum atomic E-state index is 12.8. The molecule has 3 rings (SSSR count). The summed E-state index contributed by atoms with van der Waals surface area (Å²) in [7, 11) is 1.85. The summed E-state index contributed by atoms with van der Waals surface area (Å²) in [6, 6.07) is 6.93. The normalized spacial score (nSPS) is 18.4. The number of halogens is 3. The van der Waals surface area contributed by atoms with E-state index in [1.165, 1.54) is 6.07 Å². The molecule has 0 bridgehead atoms. The third-order valence-electron chi connectivity index (χ3n) is 4.54. The Morgan fingerprint density at radius 2 is 2.12 bits per heavy atom. The lowest BCUT2D eigenvalue weighted by Gasteiger charge is -2.32. The van der Waals surface area contributed by atoms with Crippen molar-refractivity contribution in [2.45, 2.75) is 31.4 Å². The number of hydrogen-bond acceptors (Lipinski definition) is 2. The van der Waals surface area contributed by atoms with E-state index in [1.807, 2.05) is 19.3 Å². The number of hydrogen-bond donors (Lipinski definition) is 0. The van der Waals surface area contributed by atoms with Crippen molar-refractivity contribution in [2.75, 3.05) is 13.1 Å². The zero-order chi connectivity index (χ0) is 18.0. The average Bonchev–Trinajstić information content (AvgIpc) is 3.01. The SMILES string of the molecule is Cn1ccc([C@H]2CCCN(C(=O)Cc3cccc(C(F)(F)F)c3)C2)n1. The molecule has 0 saturated carbocycles. The van der Waals surface area contributed by atoms with Gasteiger partial charge in [-0.3, -0.25) is 9.48 Å². The van der Waals surface area contributed by atoms with Crippen LogP contribution in [0.4, 0.5) is 13.2 Å². The smallest absolute Gasteiger partial charge is 0.342 e. The number of likely N-dealkylation sites (tertiary alicyclic amines) is 1. The zero-order valence-electron chi connectivity index (χ0n) is 14.0. The molecular formula is C18H20F3N3O. The Morgan fingerprint density at radius 1 is 1.32 bits per heavy atom.